The number of hydrogen-bond donors (Lipinski definition) is 0. The molecule has 0 spiro atoms. The SMILES string of the molecule is CCC1CN(CC(C)(C)CN2CCOCC2)CCN1C(C)C. The first-order valence-corrected chi connectivity index (χ1v) is 9.19. The van der Waals surface area contributed by atoms with Gasteiger partial charge in [-0.05, 0) is 25.7 Å². The van der Waals surface area contributed by atoms with Gasteiger partial charge in [0.2, 0.25) is 0 Å². The highest BCUT2D eigenvalue weighted by atomic mass is 16.5. The summed E-state index contributed by atoms with van der Waals surface area (Å²) >= 11 is 0. The van der Waals surface area contributed by atoms with Gasteiger partial charge in [0.25, 0.3) is 0 Å². The van der Waals surface area contributed by atoms with E-state index in [2.05, 4.69) is 49.3 Å². The summed E-state index contributed by atoms with van der Waals surface area (Å²) in [5, 5.41) is 0. The van der Waals surface area contributed by atoms with Gasteiger partial charge in [-0.2, -0.15) is 0 Å². The van der Waals surface area contributed by atoms with Crippen LogP contribution < -0.4 is 0 Å². The van der Waals surface area contributed by atoms with E-state index in [9.17, 15) is 0 Å². The molecule has 0 bridgehead atoms. The van der Waals surface area contributed by atoms with Crippen molar-refractivity contribution < 1.29 is 4.74 Å². The lowest BCUT2D eigenvalue weighted by Crippen LogP contribution is -2.57. The molecule has 0 saturated carbocycles. The second-order valence-corrected chi connectivity index (χ2v) is 8.18. The zero-order valence-electron chi connectivity index (χ0n) is 15.5. The molecule has 2 rings (SSSR count). The third-order valence-electron chi connectivity index (χ3n) is 5.15. The molecule has 0 radical (unpaired) electrons. The smallest absolute Gasteiger partial charge is 0.0594 e. The van der Waals surface area contributed by atoms with Crippen molar-refractivity contribution in [1.29, 1.82) is 0 Å². The van der Waals surface area contributed by atoms with E-state index in [1.54, 1.807) is 0 Å². The average Bonchev–Trinajstić information content (AvgIpc) is 2.46. The van der Waals surface area contributed by atoms with E-state index in [0.29, 0.717) is 11.5 Å². The number of hydrogen-bond acceptors (Lipinski definition) is 4. The van der Waals surface area contributed by atoms with Crippen molar-refractivity contribution in [1.82, 2.24) is 14.7 Å². The second kappa shape index (κ2) is 8.09. The zero-order chi connectivity index (χ0) is 16.2. The van der Waals surface area contributed by atoms with Crippen LogP contribution in [0.3, 0.4) is 0 Å². The minimum Gasteiger partial charge on any atom is -0.379 e. The van der Waals surface area contributed by atoms with Gasteiger partial charge in [-0.25, -0.2) is 0 Å². The van der Waals surface area contributed by atoms with Gasteiger partial charge in [-0.15, -0.1) is 0 Å². The summed E-state index contributed by atoms with van der Waals surface area (Å²) in [6, 6.07) is 1.40. The number of nitrogens with zero attached hydrogens (tertiary/aromatic N) is 3. The van der Waals surface area contributed by atoms with Crippen LogP contribution in [-0.4, -0.2) is 85.8 Å². The van der Waals surface area contributed by atoms with Crippen molar-refractivity contribution in [2.24, 2.45) is 5.41 Å². The van der Waals surface area contributed by atoms with Gasteiger partial charge in [0, 0.05) is 57.9 Å². The molecule has 0 N–H and O–H groups in total. The molecular weight excluding hydrogens is 274 g/mol. The number of morpholine rings is 1. The molecule has 2 saturated heterocycles. The Morgan fingerprint density at radius 2 is 1.64 bits per heavy atom. The Kier molecular flexibility index (Phi) is 6.69. The fourth-order valence-electron chi connectivity index (χ4n) is 4.14. The monoisotopic (exact) mass is 311 g/mol. The second-order valence-electron chi connectivity index (χ2n) is 8.18. The largest absolute Gasteiger partial charge is 0.379 e. The van der Waals surface area contributed by atoms with E-state index < -0.39 is 0 Å². The molecule has 2 fully saturated rings. The fourth-order valence-corrected chi connectivity index (χ4v) is 4.14. The number of ether oxygens (including phenoxy) is 1. The summed E-state index contributed by atoms with van der Waals surface area (Å²) in [5.74, 6) is 0. The highest BCUT2D eigenvalue weighted by Crippen LogP contribution is 2.23. The summed E-state index contributed by atoms with van der Waals surface area (Å²) in [5.41, 5.74) is 0.357. The average molecular weight is 312 g/mol. The lowest BCUT2D eigenvalue weighted by atomic mass is 9.90. The molecule has 4 heteroatoms. The van der Waals surface area contributed by atoms with Crippen molar-refractivity contribution in [2.45, 2.75) is 53.1 Å². The van der Waals surface area contributed by atoms with Gasteiger partial charge in [0.1, 0.15) is 0 Å². The standard InChI is InChI=1S/C18H37N3O/c1-6-17-13-20(7-8-21(17)16(2)3)15-18(4,5)14-19-9-11-22-12-10-19/h16-17H,6-15H2,1-5H3. The first kappa shape index (κ1) is 18.2. The molecule has 2 aliphatic rings. The van der Waals surface area contributed by atoms with Gasteiger partial charge in [0.15, 0.2) is 0 Å². The van der Waals surface area contributed by atoms with Crippen LogP contribution >= 0.6 is 0 Å². The van der Waals surface area contributed by atoms with Gasteiger partial charge >= 0.3 is 0 Å². The molecule has 130 valence electrons. The molecular formula is C18H37N3O. The van der Waals surface area contributed by atoms with Crippen molar-refractivity contribution in [3.05, 3.63) is 0 Å². The summed E-state index contributed by atoms with van der Waals surface area (Å²) in [4.78, 5) is 7.96. The minimum absolute atomic E-state index is 0.357. The van der Waals surface area contributed by atoms with Crippen LogP contribution in [0.5, 0.6) is 0 Å². The molecule has 1 unspecified atom stereocenters. The van der Waals surface area contributed by atoms with E-state index >= 15 is 0 Å². The van der Waals surface area contributed by atoms with Gasteiger partial charge in [0.05, 0.1) is 13.2 Å². The maximum atomic E-state index is 5.47. The Labute approximate surface area is 137 Å². The third-order valence-corrected chi connectivity index (χ3v) is 5.15. The third kappa shape index (κ3) is 5.19. The van der Waals surface area contributed by atoms with Crippen LogP contribution in [0.25, 0.3) is 0 Å². The Balaban J connectivity index is 1.84. The van der Waals surface area contributed by atoms with E-state index in [1.165, 1.54) is 39.1 Å². The van der Waals surface area contributed by atoms with E-state index in [0.717, 1.165) is 32.3 Å². The van der Waals surface area contributed by atoms with Crippen LogP contribution in [0.2, 0.25) is 0 Å². The predicted molar refractivity (Wildman–Crippen MR) is 93.4 cm³/mol. The molecule has 0 aromatic rings. The molecule has 1 atom stereocenters. The maximum absolute atomic E-state index is 5.47. The Morgan fingerprint density at radius 3 is 2.23 bits per heavy atom. The molecule has 2 heterocycles. The summed E-state index contributed by atoms with van der Waals surface area (Å²) in [6.45, 7) is 22.0. The van der Waals surface area contributed by atoms with Crippen molar-refractivity contribution in [3.8, 4) is 0 Å². The van der Waals surface area contributed by atoms with Crippen LogP contribution in [0, 0.1) is 5.41 Å². The Hall–Kier alpha value is -0.160. The molecule has 22 heavy (non-hydrogen) atoms. The van der Waals surface area contributed by atoms with E-state index in [-0.39, 0.29) is 0 Å². The van der Waals surface area contributed by atoms with E-state index in [4.69, 9.17) is 4.74 Å². The quantitative estimate of drug-likeness (QED) is 0.748. The minimum atomic E-state index is 0.357. The van der Waals surface area contributed by atoms with Gasteiger partial charge in [-0.3, -0.25) is 14.7 Å². The molecule has 4 nitrogen and oxygen atoms in total. The summed E-state index contributed by atoms with van der Waals surface area (Å²) in [7, 11) is 0. The van der Waals surface area contributed by atoms with Gasteiger partial charge in [-0.1, -0.05) is 20.8 Å². The molecule has 0 aromatic carbocycles. The summed E-state index contributed by atoms with van der Waals surface area (Å²) < 4.78 is 5.47. The van der Waals surface area contributed by atoms with Crippen LogP contribution in [0.15, 0.2) is 0 Å². The predicted octanol–water partition coefficient (Wildman–Crippen LogP) is 2.15. The lowest BCUT2D eigenvalue weighted by Gasteiger charge is -2.46. The van der Waals surface area contributed by atoms with Crippen LogP contribution in [-0.2, 0) is 4.74 Å². The molecule has 2 aliphatic heterocycles. The summed E-state index contributed by atoms with van der Waals surface area (Å²) in [6.07, 6.45) is 1.26. The number of rotatable bonds is 6. The van der Waals surface area contributed by atoms with Crippen molar-refractivity contribution in [3.63, 3.8) is 0 Å². The topological polar surface area (TPSA) is 19.0 Å². The molecule has 0 amide bonds. The first-order chi connectivity index (χ1) is 10.4. The van der Waals surface area contributed by atoms with Crippen LogP contribution in [0.1, 0.15) is 41.0 Å². The molecule has 0 aliphatic carbocycles. The number of piperazine rings is 1. The zero-order valence-corrected chi connectivity index (χ0v) is 15.5. The fraction of sp³-hybridized carbons (Fsp3) is 1.00. The molecule has 0 aromatic heterocycles. The Bertz CT molecular complexity index is 326. The van der Waals surface area contributed by atoms with Gasteiger partial charge < -0.3 is 4.74 Å². The first-order valence-electron chi connectivity index (χ1n) is 9.19. The van der Waals surface area contributed by atoms with E-state index in [1.807, 2.05) is 0 Å². The lowest BCUT2D eigenvalue weighted by molar-refractivity contribution is 0.000290. The van der Waals surface area contributed by atoms with Crippen molar-refractivity contribution in [2.75, 3.05) is 59.0 Å². The highest BCUT2D eigenvalue weighted by Gasteiger charge is 2.31. The van der Waals surface area contributed by atoms with Crippen LogP contribution in [0.4, 0.5) is 0 Å². The van der Waals surface area contributed by atoms with Crippen molar-refractivity contribution >= 4 is 0 Å². The maximum Gasteiger partial charge on any atom is 0.0594 e. The Morgan fingerprint density at radius 1 is 1.00 bits per heavy atom. The highest BCUT2D eigenvalue weighted by molar-refractivity contribution is 4.87. The normalized spacial score (nSPS) is 26.7.